The second kappa shape index (κ2) is 5.72. The van der Waals surface area contributed by atoms with Crippen molar-refractivity contribution in [3.8, 4) is 5.75 Å². The molecule has 0 spiro atoms. The fourth-order valence-corrected chi connectivity index (χ4v) is 3.28. The molecule has 0 amide bonds. The van der Waals surface area contributed by atoms with Gasteiger partial charge >= 0.3 is 0 Å². The lowest BCUT2D eigenvalue weighted by atomic mass is 9.99. The Bertz CT molecular complexity index is 556. The van der Waals surface area contributed by atoms with Gasteiger partial charge in [0.15, 0.2) is 0 Å². The molecule has 1 heterocycles. The number of hydrogen-bond acceptors (Lipinski definition) is 3. The quantitative estimate of drug-likeness (QED) is 0.918. The summed E-state index contributed by atoms with van der Waals surface area (Å²) in [4.78, 5) is 1.11. The van der Waals surface area contributed by atoms with E-state index < -0.39 is 0 Å². The van der Waals surface area contributed by atoms with Crippen LogP contribution in [0.5, 0.6) is 5.75 Å². The molecule has 0 saturated carbocycles. The number of aryl methyl sites for hydroxylation is 2. The smallest absolute Gasteiger partial charge is 0.134 e. The van der Waals surface area contributed by atoms with Crippen molar-refractivity contribution in [2.24, 2.45) is 0 Å². The van der Waals surface area contributed by atoms with Gasteiger partial charge in [0.05, 0.1) is 18.0 Å². The fraction of sp³-hybridized carbons (Fsp3) is 0.333. The molecule has 0 aliphatic rings. The molecule has 2 nitrogen and oxygen atoms in total. The van der Waals surface area contributed by atoms with Crippen LogP contribution >= 0.6 is 11.3 Å². The highest BCUT2D eigenvalue weighted by Crippen LogP contribution is 2.35. The zero-order valence-electron chi connectivity index (χ0n) is 11.6. The highest BCUT2D eigenvalue weighted by molar-refractivity contribution is 7.10. The first-order chi connectivity index (χ1) is 9.08. The Labute approximate surface area is 117 Å². The highest BCUT2D eigenvalue weighted by Gasteiger charge is 2.19. The van der Waals surface area contributed by atoms with Crippen LogP contribution < -0.4 is 10.1 Å². The molecular formula is C15H18FNOS. The molecule has 1 aromatic carbocycles. The van der Waals surface area contributed by atoms with Gasteiger partial charge < -0.3 is 10.1 Å². The maximum Gasteiger partial charge on any atom is 0.134 e. The van der Waals surface area contributed by atoms with Gasteiger partial charge in [-0.2, -0.15) is 0 Å². The Morgan fingerprint density at radius 2 is 1.89 bits per heavy atom. The van der Waals surface area contributed by atoms with E-state index in [1.165, 1.54) is 0 Å². The topological polar surface area (TPSA) is 21.3 Å². The molecule has 19 heavy (non-hydrogen) atoms. The Balaban J connectivity index is 2.48. The van der Waals surface area contributed by atoms with Crippen molar-refractivity contribution in [1.82, 2.24) is 5.32 Å². The van der Waals surface area contributed by atoms with Crippen LogP contribution in [-0.2, 0) is 0 Å². The molecule has 1 aromatic heterocycles. The first-order valence-electron chi connectivity index (χ1n) is 6.13. The first-order valence-corrected chi connectivity index (χ1v) is 7.01. The van der Waals surface area contributed by atoms with Crippen LogP contribution in [0, 0.1) is 19.7 Å². The maximum absolute atomic E-state index is 13.7. The van der Waals surface area contributed by atoms with Crippen LogP contribution in [0.1, 0.15) is 27.6 Å². The number of hydrogen-bond donors (Lipinski definition) is 1. The van der Waals surface area contributed by atoms with E-state index in [0.717, 1.165) is 16.2 Å². The van der Waals surface area contributed by atoms with Crippen LogP contribution in [0.4, 0.5) is 4.39 Å². The summed E-state index contributed by atoms with van der Waals surface area (Å²) in [6.45, 7) is 3.59. The zero-order chi connectivity index (χ0) is 14.0. The molecule has 0 bridgehead atoms. The van der Waals surface area contributed by atoms with E-state index in [1.807, 2.05) is 30.6 Å². The minimum Gasteiger partial charge on any atom is -0.496 e. The summed E-state index contributed by atoms with van der Waals surface area (Å²) in [6.07, 6.45) is 0. The standard InChI is InChI=1S/C15H18FNOS/c1-9-7-11(8-10(2)13(9)16)14(17-3)15-12(18-4)5-6-19-15/h5-8,14,17H,1-4H3. The van der Waals surface area contributed by atoms with E-state index >= 15 is 0 Å². The van der Waals surface area contributed by atoms with Crippen LogP contribution in [-0.4, -0.2) is 14.2 Å². The minimum atomic E-state index is -0.128. The summed E-state index contributed by atoms with van der Waals surface area (Å²) in [7, 11) is 3.57. The average molecular weight is 279 g/mol. The normalized spacial score (nSPS) is 12.5. The summed E-state index contributed by atoms with van der Waals surface area (Å²) in [6, 6.07) is 5.76. The molecule has 102 valence electrons. The van der Waals surface area contributed by atoms with E-state index in [2.05, 4.69) is 5.32 Å². The fourth-order valence-electron chi connectivity index (χ4n) is 2.28. The number of benzene rings is 1. The molecule has 2 rings (SSSR count). The molecule has 1 N–H and O–H groups in total. The van der Waals surface area contributed by atoms with Crippen LogP contribution in [0.25, 0.3) is 0 Å². The molecule has 1 unspecified atom stereocenters. The summed E-state index contributed by atoms with van der Waals surface area (Å²) in [5.41, 5.74) is 2.40. The zero-order valence-corrected chi connectivity index (χ0v) is 12.4. The first kappa shape index (κ1) is 14.0. The monoisotopic (exact) mass is 279 g/mol. The summed E-state index contributed by atoms with van der Waals surface area (Å²) < 4.78 is 19.1. The number of halogens is 1. The molecule has 0 aliphatic heterocycles. The van der Waals surface area contributed by atoms with Gasteiger partial charge in [-0.1, -0.05) is 12.1 Å². The van der Waals surface area contributed by atoms with Gasteiger partial charge in [-0.25, -0.2) is 4.39 Å². The maximum atomic E-state index is 13.7. The summed E-state index contributed by atoms with van der Waals surface area (Å²) in [5.74, 6) is 0.737. The Kier molecular flexibility index (Phi) is 4.22. The third-order valence-corrected chi connectivity index (χ3v) is 4.18. The van der Waals surface area contributed by atoms with E-state index in [9.17, 15) is 4.39 Å². The number of thiophene rings is 1. The molecule has 0 radical (unpaired) electrons. The molecule has 0 fully saturated rings. The number of nitrogens with one attached hydrogen (secondary N) is 1. The van der Waals surface area contributed by atoms with Gasteiger partial charge in [0.2, 0.25) is 0 Å². The minimum absolute atomic E-state index is 0.0212. The molecule has 1 atom stereocenters. The molecular weight excluding hydrogens is 261 g/mol. The van der Waals surface area contributed by atoms with E-state index in [0.29, 0.717) is 11.1 Å². The van der Waals surface area contributed by atoms with Crippen molar-refractivity contribution in [3.63, 3.8) is 0 Å². The third kappa shape index (κ3) is 2.65. The lowest BCUT2D eigenvalue weighted by Crippen LogP contribution is -2.17. The van der Waals surface area contributed by atoms with E-state index in [4.69, 9.17) is 4.74 Å². The SMILES string of the molecule is CNC(c1cc(C)c(F)c(C)c1)c1sccc1OC. The molecule has 0 aliphatic carbocycles. The van der Waals surface area contributed by atoms with E-state index in [1.54, 1.807) is 32.3 Å². The van der Waals surface area contributed by atoms with Gasteiger partial charge in [0.25, 0.3) is 0 Å². The molecule has 2 aromatic rings. The third-order valence-electron chi connectivity index (χ3n) is 3.22. The number of rotatable bonds is 4. The number of methoxy groups -OCH3 is 1. The second-order valence-electron chi connectivity index (χ2n) is 4.54. The Morgan fingerprint density at radius 1 is 1.26 bits per heavy atom. The van der Waals surface area contributed by atoms with Crippen LogP contribution in [0.2, 0.25) is 0 Å². The van der Waals surface area contributed by atoms with Gasteiger partial charge in [0, 0.05) is 0 Å². The van der Waals surface area contributed by atoms with Gasteiger partial charge in [-0.15, -0.1) is 11.3 Å². The highest BCUT2D eigenvalue weighted by atomic mass is 32.1. The molecule has 0 saturated heterocycles. The second-order valence-corrected chi connectivity index (χ2v) is 5.49. The predicted octanol–water partition coefficient (Wildman–Crippen LogP) is 3.82. The van der Waals surface area contributed by atoms with Crippen LogP contribution in [0.3, 0.4) is 0 Å². The average Bonchev–Trinajstić information content (AvgIpc) is 2.85. The van der Waals surface area contributed by atoms with Crippen LogP contribution in [0.15, 0.2) is 23.6 Å². The Morgan fingerprint density at radius 3 is 2.42 bits per heavy atom. The lowest BCUT2D eigenvalue weighted by Gasteiger charge is -2.18. The van der Waals surface area contributed by atoms with Gasteiger partial charge in [-0.3, -0.25) is 0 Å². The van der Waals surface area contributed by atoms with Crippen molar-refractivity contribution >= 4 is 11.3 Å². The van der Waals surface area contributed by atoms with Crippen molar-refractivity contribution < 1.29 is 9.13 Å². The lowest BCUT2D eigenvalue weighted by molar-refractivity contribution is 0.408. The summed E-state index contributed by atoms with van der Waals surface area (Å²) >= 11 is 1.64. The predicted molar refractivity (Wildman–Crippen MR) is 77.6 cm³/mol. The summed E-state index contributed by atoms with van der Waals surface area (Å²) in [5, 5.41) is 5.28. The van der Waals surface area contributed by atoms with Gasteiger partial charge in [0.1, 0.15) is 11.6 Å². The van der Waals surface area contributed by atoms with E-state index in [-0.39, 0.29) is 11.9 Å². The Hall–Kier alpha value is -1.39. The van der Waals surface area contributed by atoms with Crippen molar-refractivity contribution in [2.45, 2.75) is 19.9 Å². The largest absolute Gasteiger partial charge is 0.496 e. The molecule has 4 heteroatoms. The van der Waals surface area contributed by atoms with Crippen molar-refractivity contribution in [3.05, 3.63) is 51.0 Å². The van der Waals surface area contributed by atoms with Crippen molar-refractivity contribution in [1.29, 1.82) is 0 Å². The van der Waals surface area contributed by atoms with Gasteiger partial charge in [-0.05, 0) is 49.0 Å². The number of ether oxygens (including phenoxy) is 1. The van der Waals surface area contributed by atoms with Crippen molar-refractivity contribution in [2.75, 3.05) is 14.2 Å².